The Hall–Kier alpha value is -0.200. The zero-order valence-electron chi connectivity index (χ0n) is 14.0. The Morgan fingerprint density at radius 1 is 1.42 bits per heavy atom. The van der Waals surface area contributed by atoms with E-state index in [9.17, 15) is 8.42 Å². The maximum Gasteiger partial charge on any atom is 0.247 e. The highest BCUT2D eigenvalue weighted by atomic mass is 32.3. The molecule has 10 heteroatoms. The van der Waals surface area contributed by atoms with Crippen molar-refractivity contribution in [3.05, 3.63) is 11.6 Å². The second kappa shape index (κ2) is 9.48. The van der Waals surface area contributed by atoms with Crippen LogP contribution in [0.2, 0.25) is 0 Å². The number of primary sulfonamides is 1. The Kier molecular flexibility index (Phi) is 7.95. The van der Waals surface area contributed by atoms with Crippen LogP contribution < -0.4 is 10.5 Å². The lowest BCUT2D eigenvalue weighted by molar-refractivity contribution is 0.0678. The minimum absolute atomic E-state index is 0.118. The molecule has 2 heterocycles. The maximum absolute atomic E-state index is 11.6. The molecule has 0 bridgehead atoms. The molecule has 0 radical (unpaired) electrons. The summed E-state index contributed by atoms with van der Waals surface area (Å²) in [4.78, 5) is 0. The second-order valence-electron chi connectivity index (χ2n) is 5.40. The minimum Gasteiger partial charge on any atom is -0.382 e. The third-order valence-corrected chi connectivity index (χ3v) is 7.37. The molecule has 1 aliphatic heterocycles. The topological polar surface area (TPSA) is 93.9 Å². The SMILES string of the molecule is CCNC1CN(CCCOCCOC)Sc2sc(S(N)(=O)=O)cc21. The minimum atomic E-state index is -3.66. The molecule has 0 aromatic carbocycles. The number of methoxy groups -OCH3 is 1. The van der Waals surface area contributed by atoms with Crippen molar-refractivity contribution >= 4 is 33.3 Å². The third-order valence-electron chi connectivity index (χ3n) is 3.53. The highest BCUT2D eigenvalue weighted by molar-refractivity contribution is 7.99. The van der Waals surface area contributed by atoms with Crippen LogP contribution in [-0.2, 0) is 19.5 Å². The van der Waals surface area contributed by atoms with Gasteiger partial charge in [-0.25, -0.2) is 17.9 Å². The number of hydrogen-bond acceptors (Lipinski definition) is 8. The Bertz CT molecular complexity index is 621. The van der Waals surface area contributed by atoms with E-state index in [1.165, 1.54) is 11.3 Å². The fraction of sp³-hybridized carbons (Fsp3) is 0.714. The van der Waals surface area contributed by atoms with Crippen LogP contribution in [0.1, 0.15) is 24.9 Å². The van der Waals surface area contributed by atoms with E-state index >= 15 is 0 Å². The van der Waals surface area contributed by atoms with Gasteiger partial charge in [0.25, 0.3) is 0 Å². The van der Waals surface area contributed by atoms with Gasteiger partial charge in [-0.2, -0.15) is 0 Å². The van der Waals surface area contributed by atoms with Crippen molar-refractivity contribution < 1.29 is 17.9 Å². The smallest absolute Gasteiger partial charge is 0.247 e. The van der Waals surface area contributed by atoms with Crippen LogP contribution >= 0.6 is 23.3 Å². The molecule has 0 saturated heterocycles. The summed E-state index contributed by atoms with van der Waals surface area (Å²) in [6, 6.07) is 1.83. The van der Waals surface area contributed by atoms with Crippen molar-refractivity contribution in [2.24, 2.45) is 5.14 Å². The van der Waals surface area contributed by atoms with Crippen LogP contribution in [-0.4, -0.2) is 59.3 Å². The number of nitrogens with two attached hydrogens (primary N) is 1. The van der Waals surface area contributed by atoms with Gasteiger partial charge >= 0.3 is 0 Å². The molecule has 0 amide bonds. The van der Waals surface area contributed by atoms with E-state index in [1.807, 2.05) is 6.92 Å². The zero-order valence-corrected chi connectivity index (χ0v) is 16.4. The maximum atomic E-state index is 11.6. The van der Waals surface area contributed by atoms with Gasteiger partial charge in [-0.1, -0.05) is 6.92 Å². The monoisotopic (exact) mass is 395 g/mol. The summed E-state index contributed by atoms with van der Waals surface area (Å²) in [5.74, 6) is 0. The normalized spacial score (nSPS) is 18.7. The summed E-state index contributed by atoms with van der Waals surface area (Å²) in [5, 5.41) is 8.70. The number of nitrogens with zero attached hydrogens (tertiary/aromatic N) is 1. The van der Waals surface area contributed by atoms with Gasteiger partial charge in [-0.15, -0.1) is 11.3 Å². The van der Waals surface area contributed by atoms with Crippen LogP contribution in [0.5, 0.6) is 0 Å². The fourth-order valence-electron chi connectivity index (χ4n) is 2.42. The van der Waals surface area contributed by atoms with Crippen LogP contribution in [0.15, 0.2) is 14.5 Å². The van der Waals surface area contributed by atoms with E-state index in [4.69, 9.17) is 14.6 Å². The van der Waals surface area contributed by atoms with Gasteiger partial charge in [0.1, 0.15) is 4.21 Å². The molecule has 0 aliphatic carbocycles. The lowest BCUT2D eigenvalue weighted by Gasteiger charge is -2.31. The van der Waals surface area contributed by atoms with Gasteiger partial charge in [0.05, 0.1) is 17.4 Å². The van der Waals surface area contributed by atoms with Gasteiger partial charge in [0.15, 0.2) is 0 Å². The largest absolute Gasteiger partial charge is 0.382 e. The van der Waals surface area contributed by atoms with E-state index in [2.05, 4.69) is 9.62 Å². The molecule has 1 unspecified atom stereocenters. The number of sulfonamides is 1. The van der Waals surface area contributed by atoms with E-state index in [-0.39, 0.29) is 10.3 Å². The molecule has 3 N–H and O–H groups in total. The van der Waals surface area contributed by atoms with Gasteiger partial charge in [-0.3, -0.25) is 0 Å². The fourth-order valence-corrected chi connectivity index (χ4v) is 5.99. The molecule has 2 rings (SSSR count). The van der Waals surface area contributed by atoms with Crippen molar-refractivity contribution in [1.29, 1.82) is 0 Å². The Balaban J connectivity index is 1.96. The second-order valence-corrected chi connectivity index (χ2v) is 9.61. The van der Waals surface area contributed by atoms with Gasteiger partial charge in [-0.05, 0) is 36.5 Å². The Labute approximate surface area is 152 Å². The summed E-state index contributed by atoms with van der Waals surface area (Å²) in [6.45, 7) is 6.47. The highest BCUT2D eigenvalue weighted by Crippen LogP contribution is 2.43. The van der Waals surface area contributed by atoms with Crippen molar-refractivity contribution in [2.75, 3.05) is 46.6 Å². The average Bonchev–Trinajstić information content (AvgIpc) is 2.95. The van der Waals surface area contributed by atoms with Gasteiger partial charge in [0.2, 0.25) is 10.0 Å². The predicted octanol–water partition coefficient (Wildman–Crippen LogP) is 1.42. The van der Waals surface area contributed by atoms with Gasteiger partial charge in [0, 0.05) is 32.8 Å². The van der Waals surface area contributed by atoms with E-state index in [1.54, 1.807) is 25.1 Å². The molecule has 1 atom stereocenters. The van der Waals surface area contributed by atoms with Crippen molar-refractivity contribution in [2.45, 2.75) is 27.8 Å². The van der Waals surface area contributed by atoms with Crippen LogP contribution in [0.3, 0.4) is 0 Å². The van der Waals surface area contributed by atoms with Gasteiger partial charge < -0.3 is 14.8 Å². The first-order valence-electron chi connectivity index (χ1n) is 7.85. The lowest BCUT2D eigenvalue weighted by atomic mass is 10.1. The van der Waals surface area contributed by atoms with E-state index in [0.29, 0.717) is 19.8 Å². The summed E-state index contributed by atoms with van der Waals surface area (Å²) >= 11 is 2.85. The van der Waals surface area contributed by atoms with Crippen molar-refractivity contribution in [1.82, 2.24) is 9.62 Å². The number of fused-ring (bicyclic) bond motifs is 1. The average molecular weight is 396 g/mol. The summed E-state index contributed by atoms with van der Waals surface area (Å²) in [5.41, 5.74) is 1.03. The number of rotatable bonds is 10. The zero-order chi connectivity index (χ0) is 17.6. The molecule has 1 aromatic rings. The first-order valence-corrected chi connectivity index (χ1v) is 11.0. The number of thiophene rings is 1. The molecule has 0 fully saturated rings. The van der Waals surface area contributed by atoms with Crippen molar-refractivity contribution in [3.63, 3.8) is 0 Å². The summed E-state index contributed by atoms with van der Waals surface area (Å²) < 4.78 is 37.1. The van der Waals surface area contributed by atoms with E-state index < -0.39 is 10.0 Å². The van der Waals surface area contributed by atoms with E-state index in [0.717, 1.165) is 35.8 Å². The number of ether oxygens (including phenoxy) is 2. The Morgan fingerprint density at radius 3 is 2.88 bits per heavy atom. The molecule has 1 aromatic heterocycles. The molecule has 24 heavy (non-hydrogen) atoms. The molecular formula is C14H25N3O4S3. The molecule has 7 nitrogen and oxygen atoms in total. The predicted molar refractivity (Wildman–Crippen MR) is 96.9 cm³/mol. The summed E-state index contributed by atoms with van der Waals surface area (Å²) in [7, 11) is -2.00. The summed E-state index contributed by atoms with van der Waals surface area (Å²) in [6.07, 6.45) is 0.915. The number of nitrogens with one attached hydrogen (secondary N) is 1. The van der Waals surface area contributed by atoms with Crippen LogP contribution in [0.4, 0.5) is 0 Å². The standard InChI is InChI=1S/C14H25N3O4S3/c1-3-16-12-10-17(5-4-6-21-8-7-20-2)23-14-11(12)9-13(22-14)24(15,18)19/h9,12,16H,3-8,10H2,1-2H3,(H2,15,18,19). The third kappa shape index (κ3) is 5.67. The molecular weight excluding hydrogens is 370 g/mol. The van der Waals surface area contributed by atoms with Crippen LogP contribution in [0.25, 0.3) is 0 Å². The molecule has 0 spiro atoms. The molecule has 138 valence electrons. The first-order chi connectivity index (χ1) is 11.5. The van der Waals surface area contributed by atoms with Crippen LogP contribution in [0, 0.1) is 0 Å². The number of likely N-dealkylation sites (N-methyl/N-ethyl adjacent to an activating group) is 1. The number of hydrogen-bond donors (Lipinski definition) is 2. The lowest BCUT2D eigenvalue weighted by Crippen LogP contribution is -2.35. The highest BCUT2D eigenvalue weighted by Gasteiger charge is 2.29. The van der Waals surface area contributed by atoms with Crippen molar-refractivity contribution in [3.8, 4) is 0 Å². The Morgan fingerprint density at radius 2 is 2.21 bits per heavy atom. The molecule has 1 aliphatic rings. The molecule has 0 saturated carbocycles. The first kappa shape index (κ1) is 20.1. The quantitative estimate of drug-likeness (QED) is 0.457.